The van der Waals surface area contributed by atoms with Crippen LogP contribution in [0.15, 0.2) is 0 Å². The Morgan fingerprint density at radius 1 is 0.0455 bits per heavy atom. The Morgan fingerprint density at radius 2 is 0.0455 bits per heavy atom. The monoisotopic (exact) mass is 4290 g/mol. The van der Waals surface area contributed by atoms with Gasteiger partial charge in [-0.2, -0.15) is 0 Å². The van der Waals surface area contributed by atoms with Gasteiger partial charge in [-0.25, -0.2) is 0 Å². The van der Waals surface area contributed by atoms with Crippen LogP contribution in [-0.2, 0) is 463 Å². The quantitative estimate of drug-likeness (QED) is 0.320. The summed E-state index contributed by atoms with van der Waals surface area (Å²) in [5.74, 6) is 0. The molecule has 0 aromatic carbocycles. The SMILES string of the molecule is [Pt].[Pt].[Pt].[Pt].[Pt].[Pt].[Pt].[Pt].[Pt].[Pt].[Pt].[Pt].[Pt].[Pt].[Pt].[Pt].[Pt].[Pt].[Pt].[Pt].[Pt].[Pt]. The van der Waals surface area contributed by atoms with Crippen molar-refractivity contribution in [3.8, 4) is 0 Å². The first-order valence-electron chi connectivity index (χ1n) is 0. The van der Waals surface area contributed by atoms with Crippen LogP contribution in [0.3, 0.4) is 0 Å². The Bertz CT molecular complexity index is 0. The average Bonchev–Trinajstić information content (AvgIpc) is 0. The van der Waals surface area contributed by atoms with Crippen molar-refractivity contribution < 1.29 is 463 Å². The molecule has 0 rings (SSSR count). The molecule has 0 unspecified atom stereocenters. The molecule has 0 atom stereocenters. The fourth-order valence-electron chi connectivity index (χ4n) is 0. The molecule has 0 amide bonds. The molecule has 0 aliphatic rings. The van der Waals surface area contributed by atoms with Crippen molar-refractivity contribution in [3.05, 3.63) is 0 Å². The standard InChI is InChI=1S/22Pt. The van der Waals surface area contributed by atoms with Gasteiger partial charge in [-0.05, 0) is 0 Å². The van der Waals surface area contributed by atoms with Gasteiger partial charge in [0.1, 0.15) is 0 Å². The zero-order valence-electron chi connectivity index (χ0n) is 6.96. The van der Waals surface area contributed by atoms with Crippen LogP contribution < -0.4 is 0 Å². The molecule has 0 spiro atoms. The van der Waals surface area contributed by atoms with Crippen LogP contribution in [0.5, 0.6) is 0 Å². The van der Waals surface area contributed by atoms with Crippen molar-refractivity contribution in [2.24, 2.45) is 0 Å². The fraction of sp³-hybridized carbons (Fsp3) is 0. The average molecular weight is 4290 g/mol. The van der Waals surface area contributed by atoms with E-state index >= 15 is 0 Å². The first kappa shape index (κ1) is 212. The molecular weight excluding hydrogens is 4290 g/mol. The third kappa shape index (κ3) is 179. The van der Waals surface area contributed by atoms with Crippen LogP contribution in [0.2, 0.25) is 0 Å². The summed E-state index contributed by atoms with van der Waals surface area (Å²) < 4.78 is 0. The molecule has 0 nitrogen and oxygen atoms in total. The van der Waals surface area contributed by atoms with Gasteiger partial charge in [-0.15, -0.1) is 0 Å². The Balaban J connectivity index is 0. The molecule has 0 saturated carbocycles. The smallest absolute Gasteiger partial charge is 0 e. The van der Waals surface area contributed by atoms with E-state index in [-0.39, 0.29) is 463 Å². The van der Waals surface area contributed by atoms with Gasteiger partial charge < -0.3 is 0 Å². The first-order chi connectivity index (χ1) is 0. The molecule has 22 heavy (non-hydrogen) atoms. The second kappa shape index (κ2) is 195. The van der Waals surface area contributed by atoms with E-state index in [1.54, 1.807) is 0 Å². The van der Waals surface area contributed by atoms with E-state index < -0.39 is 0 Å². The van der Waals surface area contributed by atoms with Crippen molar-refractivity contribution in [2.75, 3.05) is 0 Å². The third-order valence-corrected chi connectivity index (χ3v) is 0. The van der Waals surface area contributed by atoms with Crippen molar-refractivity contribution in [3.63, 3.8) is 0 Å². The molecule has 0 aliphatic carbocycles. The first-order valence-corrected chi connectivity index (χ1v) is 0. The van der Waals surface area contributed by atoms with Crippen LogP contribution in [0.1, 0.15) is 0 Å². The van der Waals surface area contributed by atoms with E-state index in [9.17, 15) is 0 Å². The van der Waals surface area contributed by atoms with Crippen molar-refractivity contribution >= 4 is 0 Å². The van der Waals surface area contributed by atoms with Gasteiger partial charge >= 0.3 is 0 Å². The molecule has 0 saturated heterocycles. The molecule has 0 aromatic rings. The van der Waals surface area contributed by atoms with Crippen LogP contribution in [0, 0.1) is 0 Å². The second-order valence-electron chi connectivity index (χ2n) is 0. The van der Waals surface area contributed by atoms with E-state index in [0.29, 0.717) is 0 Å². The molecular formula is Pt22. The fourth-order valence-corrected chi connectivity index (χ4v) is 0. The van der Waals surface area contributed by atoms with Crippen molar-refractivity contribution in [1.82, 2.24) is 0 Å². The summed E-state index contributed by atoms with van der Waals surface area (Å²) >= 11 is 0. The van der Waals surface area contributed by atoms with Gasteiger partial charge in [-0.3, -0.25) is 0 Å². The largest absolute Gasteiger partial charge is 0 e. The van der Waals surface area contributed by atoms with Gasteiger partial charge in [0.15, 0.2) is 0 Å². The van der Waals surface area contributed by atoms with Gasteiger partial charge in [0, 0.05) is 463 Å². The summed E-state index contributed by atoms with van der Waals surface area (Å²) in [5, 5.41) is 0. The summed E-state index contributed by atoms with van der Waals surface area (Å²) in [7, 11) is 0. The zero-order valence-corrected chi connectivity index (χ0v) is 56.9. The number of hydrogen-bond acceptors (Lipinski definition) is 0. The summed E-state index contributed by atoms with van der Waals surface area (Å²) in [5.41, 5.74) is 0. The molecule has 220 valence electrons. The summed E-state index contributed by atoms with van der Waals surface area (Å²) in [6.45, 7) is 0. The van der Waals surface area contributed by atoms with Crippen LogP contribution in [0.4, 0.5) is 0 Å². The molecule has 0 bridgehead atoms. The Morgan fingerprint density at radius 3 is 0.0455 bits per heavy atom. The predicted molar refractivity (Wildman–Crippen MR) is 0 cm³/mol. The molecule has 0 fully saturated rings. The molecule has 0 aromatic heterocycles. The van der Waals surface area contributed by atoms with Gasteiger partial charge in [-0.1, -0.05) is 0 Å². The summed E-state index contributed by atoms with van der Waals surface area (Å²) in [6, 6.07) is 0. The van der Waals surface area contributed by atoms with Gasteiger partial charge in [0.25, 0.3) is 0 Å². The minimum atomic E-state index is 0. The minimum absolute atomic E-state index is 0. The minimum Gasteiger partial charge on any atom is 0 e. The van der Waals surface area contributed by atoms with E-state index in [4.69, 9.17) is 0 Å². The van der Waals surface area contributed by atoms with Crippen molar-refractivity contribution in [2.45, 2.75) is 0 Å². The van der Waals surface area contributed by atoms with Crippen LogP contribution in [0.25, 0.3) is 0 Å². The summed E-state index contributed by atoms with van der Waals surface area (Å²) in [4.78, 5) is 0. The molecule has 0 N–H and O–H groups in total. The van der Waals surface area contributed by atoms with Crippen LogP contribution in [-0.4, -0.2) is 0 Å². The predicted octanol–water partition coefficient (Wildman–Crippen LogP) is -0.0550. The topological polar surface area (TPSA) is 0 Å². The maximum Gasteiger partial charge on any atom is 0 e. The van der Waals surface area contributed by atoms with Gasteiger partial charge in [0.05, 0.1) is 0 Å². The van der Waals surface area contributed by atoms with E-state index in [1.807, 2.05) is 0 Å². The zero-order chi connectivity index (χ0) is 0. The molecule has 0 aliphatic heterocycles. The van der Waals surface area contributed by atoms with E-state index in [1.165, 1.54) is 0 Å². The van der Waals surface area contributed by atoms with E-state index in [0.717, 1.165) is 0 Å². The third-order valence-electron chi connectivity index (χ3n) is 0. The van der Waals surface area contributed by atoms with E-state index in [2.05, 4.69) is 0 Å². The molecule has 0 radical (unpaired) electrons. The second-order valence-corrected chi connectivity index (χ2v) is 0. The maximum atomic E-state index is 0. The Labute approximate surface area is 450 Å². The molecule has 22 heteroatoms. The number of hydrogen-bond donors (Lipinski definition) is 0. The maximum absolute atomic E-state index is 0. The number of rotatable bonds is 0. The molecule has 0 heterocycles. The van der Waals surface area contributed by atoms with Crippen LogP contribution >= 0.6 is 0 Å². The Kier molecular flexibility index (Phi) is 1870. The van der Waals surface area contributed by atoms with Gasteiger partial charge in [0.2, 0.25) is 0 Å². The Hall–Kier alpha value is 15.1. The normalized spacial score (nSPS) is 0. The van der Waals surface area contributed by atoms with Crippen molar-refractivity contribution in [1.29, 1.82) is 0 Å². The summed E-state index contributed by atoms with van der Waals surface area (Å²) in [6.07, 6.45) is 0.